The molecule has 1 amide bonds. The molecule has 0 spiro atoms. The molecule has 1 saturated heterocycles. The number of unbranched alkanes of at least 4 members (excludes halogenated alkanes) is 36. The number of nitrogens with one attached hydrogen (secondary N) is 1. The van der Waals surface area contributed by atoms with Gasteiger partial charge in [0.25, 0.3) is 0 Å². The Kier molecular flexibility index (Phi) is 61.7. The standard InChI is InChI=1S/C79H139NO10/c1-4-7-10-13-16-19-22-25-27-29-31-33-35-36-37-39-40-42-44-46-48-51-54-57-60-63-66-72(83)78(87)80-70(71(82)65-62-59-56-53-50-24-21-18-15-12-9-6-3)69-88-79-77(76(86)75(85)73(68-81)89-79)90-74(84)67-64-61-58-55-52-49-47-45-43-41-38-34-32-30-28-26-23-20-17-14-11-8-5-2/h7,10,16-17,19-20,25-28,31,33,36-37,62,65,70-73,75-77,79,81-83,85-86H,4-6,8-9,11-15,18,21-24,29-30,32,34-35,38-61,63-64,66-69H2,1-3H3,(H,80,87)/b10-7-,19-16-,20-17-,27-25-,28-26-,33-31-,37-36-,65-62+. The first-order valence-electron chi connectivity index (χ1n) is 37.5. The van der Waals surface area contributed by atoms with Gasteiger partial charge in [-0.1, -0.05) is 317 Å². The number of hydrogen-bond acceptors (Lipinski definition) is 10. The van der Waals surface area contributed by atoms with Crippen LogP contribution in [0.3, 0.4) is 0 Å². The molecule has 0 bridgehead atoms. The molecule has 1 fully saturated rings. The van der Waals surface area contributed by atoms with Crippen LogP contribution in [-0.2, 0) is 23.8 Å². The molecule has 8 unspecified atom stereocenters. The minimum Gasteiger partial charge on any atom is -0.454 e. The van der Waals surface area contributed by atoms with Crippen molar-refractivity contribution in [2.24, 2.45) is 0 Å². The second kappa shape index (κ2) is 65.6. The molecule has 1 heterocycles. The van der Waals surface area contributed by atoms with Gasteiger partial charge in [0.05, 0.1) is 25.4 Å². The summed E-state index contributed by atoms with van der Waals surface area (Å²) in [5, 5.41) is 57.3. The van der Waals surface area contributed by atoms with Crippen molar-refractivity contribution >= 4 is 11.9 Å². The van der Waals surface area contributed by atoms with E-state index in [1.54, 1.807) is 6.08 Å². The average molecular weight is 1260 g/mol. The van der Waals surface area contributed by atoms with E-state index in [9.17, 15) is 35.1 Å². The lowest BCUT2D eigenvalue weighted by Crippen LogP contribution is -2.61. The van der Waals surface area contributed by atoms with Gasteiger partial charge in [0.1, 0.15) is 24.4 Å². The van der Waals surface area contributed by atoms with Crippen molar-refractivity contribution in [3.8, 4) is 0 Å². The van der Waals surface area contributed by atoms with Crippen LogP contribution >= 0.6 is 0 Å². The number of hydrogen-bond donors (Lipinski definition) is 6. The average Bonchev–Trinajstić information content (AvgIpc) is 1.11. The number of ether oxygens (including phenoxy) is 3. The van der Waals surface area contributed by atoms with Gasteiger partial charge in [-0.15, -0.1) is 0 Å². The van der Waals surface area contributed by atoms with E-state index >= 15 is 0 Å². The highest BCUT2D eigenvalue weighted by Gasteiger charge is 2.47. The monoisotopic (exact) mass is 1260 g/mol. The van der Waals surface area contributed by atoms with Crippen molar-refractivity contribution in [1.29, 1.82) is 0 Å². The maximum absolute atomic E-state index is 13.5. The van der Waals surface area contributed by atoms with Crippen LogP contribution in [0.5, 0.6) is 0 Å². The van der Waals surface area contributed by atoms with Crippen LogP contribution < -0.4 is 5.32 Å². The van der Waals surface area contributed by atoms with Gasteiger partial charge in [-0.25, -0.2) is 0 Å². The van der Waals surface area contributed by atoms with Gasteiger partial charge in [-0.05, 0) is 103 Å². The van der Waals surface area contributed by atoms with Crippen LogP contribution in [0.4, 0.5) is 0 Å². The molecule has 90 heavy (non-hydrogen) atoms. The fourth-order valence-corrected chi connectivity index (χ4v) is 11.4. The summed E-state index contributed by atoms with van der Waals surface area (Å²) >= 11 is 0. The molecule has 1 aliphatic rings. The first-order valence-corrected chi connectivity index (χ1v) is 37.5. The summed E-state index contributed by atoms with van der Waals surface area (Å²) in [4.78, 5) is 26.7. The van der Waals surface area contributed by atoms with E-state index in [1.807, 2.05) is 6.08 Å². The summed E-state index contributed by atoms with van der Waals surface area (Å²) in [5.74, 6) is -1.19. The van der Waals surface area contributed by atoms with Crippen LogP contribution in [0.15, 0.2) is 97.2 Å². The molecule has 0 aromatic heterocycles. The number of rotatable bonds is 64. The second-order valence-electron chi connectivity index (χ2n) is 25.6. The molecule has 11 heteroatoms. The number of aliphatic hydroxyl groups is 5. The predicted molar refractivity (Wildman–Crippen MR) is 379 cm³/mol. The van der Waals surface area contributed by atoms with E-state index in [4.69, 9.17) is 14.2 Å². The van der Waals surface area contributed by atoms with Crippen LogP contribution in [-0.4, -0.2) is 99.6 Å². The van der Waals surface area contributed by atoms with Gasteiger partial charge >= 0.3 is 5.97 Å². The van der Waals surface area contributed by atoms with Gasteiger partial charge in [0.2, 0.25) is 5.91 Å². The Balaban J connectivity index is 2.54. The van der Waals surface area contributed by atoms with Gasteiger partial charge in [0, 0.05) is 6.42 Å². The maximum atomic E-state index is 13.5. The van der Waals surface area contributed by atoms with Crippen molar-refractivity contribution in [3.05, 3.63) is 97.2 Å². The molecular formula is C79H139NO10. The van der Waals surface area contributed by atoms with E-state index in [-0.39, 0.29) is 19.4 Å². The fraction of sp³-hybridized carbons (Fsp3) is 0.772. The zero-order valence-corrected chi connectivity index (χ0v) is 58.0. The third-order valence-electron chi connectivity index (χ3n) is 17.2. The highest BCUT2D eigenvalue weighted by atomic mass is 16.7. The number of amides is 1. The quantitative estimate of drug-likeness (QED) is 0.0195. The first-order chi connectivity index (χ1) is 44.2. The summed E-state index contributed by atoms with van der Waals surface area (Å²) in [6.07, 6.45) is 78.7. The Morgan fingerprint density at radius 3 is 1.22 bits per heavy atom. The largest absolute Gasteiger partial charge is 0.454 e. The van der Waals surface area contributed by atoms with Gasteiger partial charge in [-0.2, -0.15) is 0 Å². The Bertz CT molecular complexity index is 1840. The number of esters is 1. The maximum Gasteiger partial charge on any atom is 0.306 e. The van der Waals surface area contributed by atoms with Gasteiger partial charge in [-0.3, -0.25) is 9.59 Å². The normalized spacial score (nSPS) is 18.6. The molecule has 1 aliphatic heterocycles. The van der Waals surface area contributed by atoms with E-state index in [1.165, 1.54) is 180 Å². The molecule has 0 aliphatic carbocycles. The highest BCUT2D eigenvalue weighted by Crippen LogP contribution is 2.26. The van der Waals surface area contributed by atoms with Crippen LogP contribution in [0.25, 0.3) is 0 Å². The molecule has 0 radical (unpaired) electrons. The molecule has 520 valence electrons. The molecule has 0 aromatic rings. The third-order valence-corrected chi connectivity index (χ3v) is 17.2. The smallest absolute Gasteiger partial charge is 0.306 e. The predicted octanol–water partition coefficient (Wildman–Crippen LogP) is 19.8. The van der Waals surface area contributed by atoms with Crippen molar-refractivity contribution in [2.75, 3.05) is 13.2 Å². The van der Waals surface area contributed by atoms with Gasteiger partial charge < -0.3 is 45.1 Å². The van der Waals surface area contributed by atoms with Crippen LogP contribution in [0.1, 0.15) is 329 Å². The summed E-state index contributed by atoms with van der Waals surface area (Å²) in [5.41, 5.74) is 0. The van der Waals surface area contributed by atoms with E-state index in [2.05, 4.69) is 111 Å². The van der Waals surface area contributed by atoms with E-state index in [0.717, 1.165) is 103 Å². The lowest BCUT2D eigenvalue weighted by Gasteiger charge is -2.41. The zero-order valence-electron chi connectivity index (χ0n) is 58.0. The van der Waals surface area contributed by atoms with Crippen molar-refractivity contribution in [3.63, 3.8) is 0 Å². The number of carbonyl (C=O) groups excluding carboxylic acids is 2. The van der Waals surface area contributed by atoms with Crippen molar-refractivity contribution in [2.45, 2.75) is 378 Å². The highest BCUT2D eigenvalue weighted by molar-refractivity contribution is 5.80. The number of carbonyl (C=O) groups is 2. The van der Waals surface area contributed by atoms with E-state index in [0.29, 0.717) is 12.8 Å². The zero-order chi connectivity index (χ0) is 65.3. The number of allylic oxidation sites excluding steroid dienone is 15. The summed E-state index contributed by atoms with van der Waals surface area (Å²) in [6, 6.07) is -1.03. The van der Waals surface area contributed by atoms with Crippen molar-refractivity contribution < 1.29 is 49.3 Å². The second-order valence-corrected chi connectivity index (χ2v) is 25.6. The SMILES string of the molecule is CC/C=C\C/C=C\C/C=C\C/C=C\C/C=C\CCCCCCCCCCCCC(O)C(=O)NC(COC1OC(CO)C(O)C(O)C1OC(=O)CCCCCCCCCCCCCCC/C=C\C/C=C\CCCCC)C(O)/C=C/CCCCCCCCCCCC. The van der Waals surface area contributed by atoms with Crippen LogP contribution in [0.2, 0.25) is 0 Å². The molecule has 11 nitrogen and oxygen atoms in total. The molecule has 8 atom stereocenters. The Labute approximate surface area is 552 Å². The summed E-state index contributed by atoms with van der Waals surface area (Å²) in [7, 11) is 0. The Morgan fingerprint density at radius 1 is 0.444 bits per heavy atom. The topological polar surface area (TPSA) is 175 Å². The molecule has 0 saturated carbocycles. The lowest BCUT2D eigenvalue weighted by molar-refractivity contribution is -0.305. The summed E-state index contributed by atoms with van der Waals surface area (Å²) in [6.45, 7) is 5.69. The minimum absolute atomic E-state index is 0.120. The van der Waals surface area contributed by atoms with Gasteiger partial charge in [0.15, 0.2) is 12.4 Å². The lowest BCUT2D eigenvalue weighted by atomic mass is 9.99. The third kappa shape index (κ3) is 52.0. The molecule has 1 rings (SSSR count). The summed E-state index contributed by atoms with van der Waals surface area (Å²) < 4.78 is 17.7. The minimum atomic E-state index is -1.62. The molecular weight excluding hydrogens is 1120 g/mol. The molecule has 0 aromatic carbocycles. The Morgan fingerprint density at radius 2 is 0.800 bits per heavy atom. The fourth-order valence-electron chi connectivity index (χ4n) is 11.4. The molecule has 6 N–H and O–H groups in total. The first kappa shape index (κ1) is 84.6. The van der Waals surface area contributed by atoms with E-state index < -0.39 is 67.4 Å². The van der Waals surface area contributed by atoms with Crippen molar-refractivity contribution in [1.82, 2.24) is 5.32 Å². The van der Waals surface area contributed by atoms with Crippen LogP contribution in [0, 0.1) is 0 Å². The Hall–Kier alpha value is -3.42. The number of aliphatic hydroxyl groups excluding tert-OH is 5.